The van der Waals surface area contributed by atoms with Crippen LogP contribution in [-0.4, -0.2) is 0 Å². The zero-order valence-corrected chi connectivity index (χ0v) is 12.5. The molecule has 0 saturated heterocycles. The van der Waals surface area contributed by atoms with Crippen LogP contribution >= 0.6 is 0 Å². The van der Waals surface area contributed by atoms with Crippen LogP contribution in [0, 0.1) is 0 Å². The van der Waals surface area contributed by atoms with Gasteiger partial charge < -0.3 is 11.1 Å². The Morgan fingerprint density at radius 3 is 2.27 bits per heavy atom. The molecule has 0 bridgehead atoms. The molecule has 108 valence electrons. The highest BCUT2D eigenvalue weighted by atomic mass is 14.9. The largest absolute Gasteiger partial charge is 0.399 e. The summed E-state index contributed by atoms with van der Waals surface area (Å²) in [7, 11) is 0. The van der Waals surface area contributed by atoms with Crippen molar-refractivity contribution in [1.82, 2.24) is 0 Å². The maximum absolute atomic E-state index is 6.07. The monoisotopic (exact) mass is 286 g/mol. The second-order valence-electron chi connectivity index (χ2n) is 5.97. The fraction of sp³-hybridized carbons (Fsp3) is 0.100. The third kappa shape index (κ3) is 1.74. The molecule has 3 aromatic carbocycles. The van der Waals surface area contributed by atoms with E-state index in [0.717, 1.165) is 17.1 Å². The van der Waals surface area contributed by atoms with Crippen LogP contribution in [0.15, 0.2) is 72.8 Å². The lowest BCUT2D eigenvalue weighted by molar-refractivity contribution is 0.689. The van der Waals surface area contributed by atoms with Gasteiger partial charge in [0.2, 0.25) is 0 Å². The molecule has 0 aromatic heterocycles. The van der Waals surface area contributed by atoms with Gasteiger partial charge in [0.15, 0.2) is 0 Å². The van der Waals surface area contributed by atoms with E-state index in [4.69, 9.17) is 5.73 Å². The molecule has 1 unspecified atom stereocenters. The summed E-state index contributed by atoms with van der Waals surface area (Å²) in [6.45, 7) is 2.28. The number of hydrogen-bond donors (Lipinski definition) is 2. The molecule has 2 nitrogen and oxygen atoms in total. The predicted molar refractivity (Wildman–Crippen MR) is 92.6 cm³/mol. The van der Waals surface area contributed by atoms with Crippen molar-refractivity contribution in [2.24, 2.45) is 0 Å². The van der Waals surface area contributed by atoms with Gasteiger partial charge in [-0.2, -0.15) is 0 Å². The number of para-hydroxylation sites is 1. The van der Waals surface area contributed by atoms with E-state index in [1.807, 2.05) is 6.07 Å². The van der Waals surface area contributed by atoms with Crippen LogP contribution in [0.1, 0.15) is 23.6 Å². The molecule has 1 aliphatic heterocycles. The highest BCUT2D eigenvalue weighted by Crippen LogP contribution is 2.49. The van der Waals surface area contributed by atoms with Crippen molar-refractivity contribution in [2.75, 3.05) is 11.1 Å². The average Bonchev–Trinajstić information content (AvgIpc) is 2.57. The summed E-state index contributed by atoms with van der Waals surface area (Å²) in [5, 5.41) is 3.54. The van der Waals surface area contributed by atoms with Gasteiger partial charge in [-0.25, -0.2) is 0 Å². The zero-order chi connectivity index (χ0) is 15.2. The van der Waals surface area contributed by atoms with Gasteiger partial charge in [0.1, 0.15) is 0 Å². The first kappa shape index (κ1) is 13.0. The van der Waals surface area contributed by atoms with Gasteiger partial charge in [-0.15, -0.1) is 0 Å². The Bertz CT molecular complexity index is 839. The molecule has 0 fully saturated rings. The molecule has 0 saturated carbocycles. The summed E-state index contributed by atoms with van der Waals surface area (Å²) >= 11 is 0. The standard InChI is InChI=1S/C20H18N2/c1-20(14-7-3-2-4-8-14)16-9-5-6-10-18(16)22-19-12-11-15(21)13-17(19)20/h2-13,22H,21H2,1H3. The number of anilines is 3. The van der Waals surface area contributed by atoms with E-state index >= 15 is 0 Å². The summed E-state index contributed by atoms with van der Waals surface area (Å²) in [4.78, 5) is 0. The molecule has 4 rings (SSSR count). The van der Waals surface area contributed by atoms with Crippen LogP contribution in [-0.2, 0) is 5.41 Å². The topological polar surface area (TPSA) is 38.0 Å². The molecule has 22 heavy (non-hydrogen) atoms. The fourth-order valence-corrected chi connectivity index (χ4v) is 3.49. The van der Waals surface area contributed by atoms with Gasteiger partial charge in [0.25, 0.3) is 0 Å². The molecule has 0 aliphatic carbocycles. The van der Waals surface area contributed by atoms with Crippen LogP contribution < -0.4 is 11.1 Å². The van der Waals surface area contributed by atoms with Gasteiger partial charge in [-0.3, -0.25) is 0 Å². The van der Waals surface area contributed by atoms with E-state index in [1.165, 1.54) is 16.7 Å². The number of nitrogens with two attached hydrogens (primary N) is 1. The quantitative estimate of drug-likeness (QED) is 0.637. The Hall–Kier alpha value is -2.74. The normalized spacial score (nSPS) is 19.0. The van der Waals surface area contributed by atoms with Gasteiger partial charge in [0, 0.05) is 22.5 Å². The van der Waals surface area contributed by atoms with Crippen LogP contribution in [0.2, 0.25) is 0 Å². The van der Waals surface area contributed by atoms with Crippen LogP contribution in [0.5, 0.6) is 0 Å². The fourth-order valence-electron chi connectivity index (χ4n) is 3.49. The van der Waals surface area contributed by atoms with Crippen LogP contribution in [0.3, 0.4) is 0 Å². The Labute approximate surface area is 130 Å². The van der Waals surface area contributed by atoms with Crippen molar-refractivity contribution in [3.63, 3.8) is 0 Å². The summed E-state index contributed by atoms with van der Waals surface area (Å²) in [6.07, 6.45) is 0. The minimum Gasteiger partial charge on any atom is -0.399 e. The Morgan fingerprint density at radius 2 is 1.45 bits per heavy atom. The smallest absolute Gasteiger partial charge is 0.0465 e. The lowest BCUT2D eigenvalue weighted by Gasteiger charge is -2.39. The van der Waals surface area contributed by atoms with Crippen molar-refractivity contribution < 1.29 is 0 Å². The molecule has 1 atom stereocenters. The Balaban J connectivity index is 2.07. The second-order valence-corrected chi connectivity index (χ2v) is 5.97. The minimum absolute atomic E-state index is 0.214. The summed E-state index contributed by atoms with van der Waals surface area (Å²) in [5.74, 6) is 0. The predicted octanol–water partition coefficient (Wildman–Crippen LogP) is 4.68. The highest BCUT2D eigenvalue weighted by molar-refractivity contribution is 5.79. The third-order valence-corrected chi connectivity index (χ3v) is 4.67. The average molecular weight is 286 g/mol. The summed E-state index contributed by atoms with van der Waals surface area (Å²) < 4.78 is 0. The molecular weight excluding hydrogens is 268 g/mol. The number of fused-ring (bicyclic) bond motifs is 2. The lowest BCUT2D eigenvalue weighted by atomic mass is 9.68. The summed E-state index contributed by atoms with van der Waals surface area (Å²) in [5.41, 5.74) is 12.7. The molecule has 0 amide bonds. The van der Waals surface area contributed by atoms with Crippen molar-refractivity contribution >= 4 is 17.1 Å². The molecular formula is C20H18N2. The molecule has 2 heteroatoms. The van der Waals surface area contributed by atoms with E-state index in [1.54, 1.807) is 0 Å². The van der Waals surface area contributed by atoms with E-state index < -0.39 is 0 Å². The van der Waals surface area contributed by atoms with Crippen LogP contribution in [0.4, 0.5) is 17.1 Å². The SMILES string of the molecule is CC1(c2ccccc2)c2ccccc2Nc2ccc(N)cc21. The first-order chi connectivity index (χ1) is 10.7. The van der Waals surface area contributed by atoms with Crippen LogP contribution in [0.25, 0.3) is 0 Å². The first-order valence-corrected chi connectivity index (χ1v) is 7.51. The first-order valence-electron chi connectivity index (χ1n) is 7.51. The molecule has 0 radical (unpaired) electrons. The second kappa shape index (κ2) is 4.63. The zero-order valence-electron chi connectivity index (χ0n) is 12.5. The van der Waals surface area contributed by atoms with Crippen molar-refractivity contribution in [1.29, 1.82) is 0 Å². The number of nitrogens with one attached hydrogen (secondary N) is 1. The highest BCUT2D eigenvalue weighted by Gasteiger charge is 2.38. The number of nitrogen functional groups attached to an aromatic ring is 1. The van der Waals surface area contributed by atoms with Crippen molar-refractivity contribution in [3.8, 4) is 0 Å². The van der Waals surface area contributed by atoms with Gasteiger partial charge in [0.05, 0.1) is 0 Å². The molecule has 3 N–H and O–H groups in total. The minimum atomic E-state index is -0.214. The van der Waals surface area contributed by atoms with Crippen molar-refractivity contribution in [2.45, 2.75) is 12.3 Å². The van der Waals surface area contributed by atoms with E-state index in [2.05, 4.69) is 79.0 Å². The number of rotatable bonds is 1. The Kier molecular flexibility index (Phi) is 2.73. The molecule has 0 spiro atoms. The number of benzene rings is 3. The molecule has 3 aromatic rings. The molecule has 1 heterocycles. The van der Waals surface area contributed by atoms with Crippen molar-refractivity contribution in [3.05, 3.63) is 89.5 Å². The van der Waals surface area contributed by atoms with Gasteiger partial charge in [-0.1, -0.05) is 48.5 Å². The summed E-state index contributed by atoms with van der Waals surface area (Å²) in [6, 6.07) is 25.2. The van der Waals surface area contributed by atoms with Gasteiger partial charge in [-0.05, 0) is 47.9 Å². The Morgan fingerprint density at radius 1 is 0.773 bits per heavy atom. The van der Waals surface area contributed by atoms with E-state index in [9.17, 15) is 0 Å². The molecule has 1 aliphatic rings. The lowest BCUT2D eigenvalue weighted by Crippen LogP contribution is -2.30. The van der Waals surface area contributed by atoms with E-state index in [0.29, 0.717) is 0 Å². The third-order valence-electron chi connectivity index (χ3n) is 4.67. The maximum Gasteiger partial charge on any atom is 0.0465 e. The number of hydrogen-bond acceptors (Lipinski definition) is 2. The maximum atomic E-state index is 6.07. The van der Waals surface area contributed by atoms with E-state index in [-0.39, 0.29) is 5.41 Å². The van der Waals surface area contributed by atoms with Gasteiger partial charge >= 0.3 is 0 Å².